The maximum absolute atomic E-state index is 11.5. The normalized spacial score (nSPS) is 24.8. The molecule has 6 nitrogen and oxygen atoms in total. The van der Waals surface area contributed by atoms with E-state index >= 15 is 0 Å². The zero-order valence-electron chi connectivity index (χ0n) is 9.30. The maximum atomic E-state index is 11.5. The van der Waals surface area contributed by atoms with Gasteiger partial charge in [-0.1, -0.05) is 6.92 Å². The first-order valence-electron chi connectivity index (χ1n) is 5.53. The Labute approximate surface area is 93.5 Å². The topological polar surface area (TPSA) is 83.0 Å². The molecule has 1 aliphatic heterocycles. The van der Waals surface area contributed by atoms with Gasteiger partial charge in [0.15, 0.2) is 0 Å². The molecule has 6 heteroatoms. The molecule has 1 aromatic rings. The average molecular weight is 224 g/mol. The van der Waals surface area contributed by atoms with E-state index < -0.39 is 0 Å². The molecule has 2 atom stereocenters. The van der Waals surface area contributed by atoms with Gasteiger partial charge in [-0.3, -0.25) is 4.57 Å². The lowest BCUT2D eigenvalue weighted by Gasteiger charge is -2.13. The van der Waals surface area contributed by atoms with Crippen LogP contribution in [0.3, 0.4) is 0 Å². The Morgan fingerprint density at radius 1 is 1.56 bits per heavy atom. The lowest BCUT2D eigenvalue weighted by molar-refractivity contribution is 0.0331. The number of nitrogens with two attached hydrogens (primary N) is 1. The van der Waals surface area contributed by atoms with Crippen molar-refractivity contribution in [3.05, 3.63) is 16.8 Å². The number of hydrogen-bond acceptors (Lipinski definition) is 5. The van der Waals surface area contributed by atoms with Crippen LogP contribution >= 0.6 is 0 Å². The van der Waals surface area contributed by atoms with Gasteiger partial charge in [0.2, 0.25) is 5.95 Å². The third-order valence-electron chi connectivity index (χ3n) is 2.84. The van der Waals surface area contributed by atoms with E-state index in [1.54, 1.807) is 0 Å². The van der Waals surface area contributed by atoms with Gasteiger partial charge in [-0.25, -0.2) is 9.78 Å². The molecular formula is C10H16N4O2. The fourth-order valence-corrected chi connectivity index (χ4v) is 1.93. The van der Waals surface area contributed by atoms with Crippen LogP contribution in [0, 0.1) is 0 Å². The van der Waals surface area contributed by atoms with Crippen LogP contribution in [0.5, 0.6) is 0 Å². The molecule has 1 aliphatic rings. The number of nitrogen functional groups attached to an aromatic ring is 1. The van der Waals surface area contributed by atoms with E-state index in [9.17, 15) is 4.79 Å². The molecule has 0 amide bonds. The molecule has 1 aromatic heterocycles. The van der Waals surface area contributed by atoms with Gasteiger partial charge in [0.25, 0.3) is 0 Å². The van der Waals surface area contributed by atoms with E-state index in [4.69, 9.17) is 10.5 Å². The second-order valence-electron chi connectivity index (χ2n) is 4.02. The zero-order valence-corrected chi connectivity index (χ0v) is 9.30. The first-order valence-corrected chi connectivity index (χ1v) is 5.53. The second-order valence-corrected chi connectivity index (χ2v) is 4.02. The highest BCUT2D eigenvalue weighted by molar-refractivity contribution is 5.09. The Hall–Kier alpha value is -1.43. The van der Waals surface area contributed by atoms with E-state index in [-0.39, 0.29) is 17.7 Å². The summed E-state index contributed by atoms with van der Waals surface area (Å²) in [5, 5.41) is 0. The highest BCUT2D eigenvalue weighted by Gasteiger charge is 2.24. The molecular weight excluding hydrogens is 208 g/mol. The standard InChI is InChI=1S/C10H16N4O2/c1-2-7-3-4-8(16-7)5-14-6-12-9(11)13-10(14)15/h6-8H,2-5H2,1H3,(H2,11,13,15)/t7-,8?/m1/s1. The van der Waals surface area contributed by atoms with Crippen LogP contribution in [0.4, 0.5) is 5.95 Å². The number of hydrogen-bond donors (Lipinski definition) is 1. The van der Waals surface area contributed by atoms with Crippen molar-refractivity contribution >= 4 is 5.95 Å². The summed E-state index contributed by atoms with van der Waals surface area (Å²) in [6.45, 7) is 2.61. The van der Waals surface area contributed by atoms with Crippen LogP contribution in [0.1, 0.15) is 26.2 Å². The van der Waals surface area contributed by atoms with Gasteiger partial charge in [-0.05, 0) is 19.3 Å². The summed E-state index contributed by atoms with van der Waals surface area (Å²) in [4.78, 5) is 18.8. The van der Waals surface area contributed by atoms with Crippen molar-refractivity contribution in [2.45, 2.75) is 44.9 Å². The van der Waals surface area contributed by atoms with Gasteiger partial charge in [-0.2, -0.15) is 4.98 Å². The van der Waals surface area contributed by atoms with Gasteiger partial charge in [0.1, 0.15) is 6.33 Å². The summed E-state index contributed by atoms with van der Waals surface area (Å²) < 4.78 is 7.20. The summed E-state index contributed by atoms with van der Waals surface area (Å²) in [6, 6.07) is 0. The lowest BCUT2D eigenvalue weighted by Crippen LogP contribution is -2.29. The molecule has 0 spiro atoms. The predicted molar refractivity (Wildman–Crippen MR) is 58.9 cm³/mol. The number of anilines is 1. The van der Waals surface area contributed by atoms with Gasteiger partial charge in [0, 0.05) is 0 Å². The van der Waals surface area contributed by atoms with Gasteiger partial charge in [-0.15, -0.1) is 0 Å². The molecule has 0 bridgehead atoms. The molecule has 88 valence electrons. The van der Waals surface area contributed by atoms with Crippen LogP contribution in [0.25, 0.3) is 0 Å². The van der Waals surface area contributed by atoms with Gasteiger partial charge < -0.3 is 10.5 Å². The molecule has 0 radical (unpaired) electrons. The van der Waals surface area contributed by atoms with Crippen molar-refractivity contribution in [3.8, 4) is 0 Å². The summed E-state index contributed by atoms with van der Waals surface area (Å²) in [6.07, 6.45) is 4.91. The minimum atomic E-state index is -0.365. The molecule has 1 unspecified atom stereocenters. The summed E-state index contributed by atoms with van der Waals surface area (Å²) in [7, 11) is 0. The SMILES string of the molecule is CC[C@@H]1CCC(Cn2cnc(N)nc2=O)O1. The van der Waals surface area contributed by atoms with E-state index in [1.807, 2.05) is 0 Å². The molecule has 1 saturated heterocycles. The molecule has 2 heterocycles. The van der Waals surface area contributed by atoms with Gasteiger partial charge >= 0.3 is 5.69 Å². The van der Waals surface area contributed by atoms with Crippen LogP contribution in [0.2, 0.25) is 0 Å². The maximum Gasteiger partial charge on any atom is 0.352 e. The lowest BCUT2D eigenvalue weighted by atomic mass is 10.1. The minimum absolute atomic E-state index is 0.0139. The van der Waals surface area contributed by atoms with Crippen molar-refractivity contribution in [2.24, 2.45) is 0 Å². The highest BCUT2D eigenvalue weighted by atomic mass is 16.5. The Morgan fingerprint density at radius 2 is 2.31 bits per heavy atom. The summed E-state index contributed by atoms with van der Waals surface area (Å²) in [5.74, 6) is 0.0139. The van der Waals surface area contributed by atoms with E-state index in [2.05, 4.69) is 16.9 Å². The quantitative estimate of drug-likeness (QED) is 0.791. The molecule has 0 saturated carbocycles. The van der Waals surface area contributed by atoms with Crippen molar-refractivity contribution < 1.29 is 4.74 Å². The molecule has 2 N–H and O–H groups in total. The fourth-order valence-electron chi connectivity index (χ4n) is 1.93. The van der Waals surface area contributed by atoms with Crippen LogP contribution in [-0.4, -0.2) is 26.7 Å². The minimum Gasteiger partial charge on any atom is -0.373 e. The second kappa shape index (κ2) is 4.61. The summed E-state index contributed by atoms with van der Waals surface area (Å²) in [5.41, 5.74) is 4.95. The van der Waals surface area contributed by atoms with Crippen molar-refractivity contribution in [1.29, 1.82) is 0 Å². The van der Waals surface area contributed by atoms with Crippen LogP contribution < -0.4 is 11.4 Å². The Bertz CT molecular complexity index is 418. The first-order chi connectivity index (χ1) is 7.69. The molecule has 0 aromatic carbocycles. The number of aromatic nitrogens is 3. The van der Waals surface area contributed by atoms with Crippen molar-refractivity contribution in [3.63, 3.8) is 0 Å². The van der Waals surface area contributed by atoms with Crippen LogP contribution in [0.15, 0.2) is 11.1 Å². The fraction of sp³-hybridized carbons (Fsp3) is 0.700. The first kappa shape index (κ1) is 11.1. The van der Waals surface area contributed by atoms with E-state index in [1.165, 1.54) is 10.9 Å². The number of rotatable bonds is 3. The van der Waals surface area contributed by atoms with Crippen LogP contribution in [-0.2, 0) is 11.3 Å². The number of ether oxygens (including phenoxy) is 1. The predicted octanol–water partition coefficient (Wildman–Crippen LogP) is 0.178. The third-order valence-corrected chi connectivity index (χ3v) is 2.84. The smallest absolute Gasteiger partial charge is 0.352 e. The summed E-state index contributed by atoms with van der Waals surface area (Å²) >= 11 is 0. The number of nitrogens with zero attached hydrogens (tertiary/aromatic N) is 3. The van der Waals surface area contributed by atoms with Gasteiger partial charge in [0.05, 0.1) is 18.8 Å². The molecule has 0 aliphatic carbocycles. The Morgan fingerprint density at radius 3 is 2.94 bits per heavy atom. The highest BCUT2D eigenvalue weighted by Crippen LogP contribution is 2.22. The Kier molecular flexibility index (Phi) is 3.19. The molecule has 16 heavy (non-hydrogen) atoms. The monoisotopic (exact) mass is 224 g/mol. The van der Waals surface area contributed by atoms with Crippen molar-refractivity contribution in [1.82, 2.24) is 14.5 Å². The van der Waals surface area contributed by atoms with Crippen molar-refractivity contribution in [2.75, 3.05) is 5.73 Å². The Balaban J connectivity index is 2.02. The van der Waals surface area contributed by atoms with E-state index in [0.717, 1.165) is 19.3 Å². The zero-order chi connectivity index (χ0) is 11.5. The largest absolute Gasteiger partial charge is 0.373 e. The average Bonchev–Trinajstić information content (AvgIpc) is 2.70. The third kappa shape index (κ3) is 2.38. The van der Waals surface area contributed by atoms with E-state index in [0.29, 0.717) is 12.6 Å². The molecule has 1 fully saturated rings. The molecule has 2 rings (SSSR count).